The van der Waals surface area contributed by atoms with Crippen molar-refractivity contribution in [2.45, 2.75) is 52.4 Å². The summed E-state index contributed by atoms with van der Waals surface area (Å²) >= 11 is 0. The van der Waals surface area contributed by atoms with E-state index in [2.05, 4.69) is 24.4 Å². The number of allylic oxidation sites excluding steroid dienone is 3. The molecule has 0 saturated heterocycles. The van der Waals surface area contributed by atoms with Crippen LogP contribution in [0.2, 0.25) is 0 Å². The van der Waals surface area contributed by atoms with Crippen molar-refractivity contribution in [2.24, 2.45) is 0 Å². The van der Waals surface area contributed by atoms with Crippen LogP contribution in [0.1, 0.15) is 52.4 Å². The van der Waals surface area contributed by atoms with Crippen molar-refractivity contribution >= 4 is 5.91 Å². The Hall–Kier alpha value is -1.05. The van der Waals surface area contributed by atoms with Gasteiger partial charge in [-0.2, -0.15) is 0 Å². The van der Waals surface area contributed by atoms with E-state index in [-0.39, 0.29) is 5.91 Å². The summed E-state index contributed by atoms with van der Waals surface area (Å²) in [5, 5.41) is 2.71. The summed E-state index contributed by atoms with van der Waals surface area (Å²) in [7, 11) is 0. The maximum absolute atomic E-state index is 10.5. The lowest BCUT2D eigenvalue weighted by Gasteiger charge is -1.95. The van der Waals surface area contributed by atoms with Crippen molar-refractivity contribution < 1.29 is 4.79 Å². The third kappa shape index (κ3) is 12.9. The fourth-order valence-corrected chi connectivity index (χ4v) is 1.39. The Morgan fingerprint density at radius 2 is 1.75 bits per heavy atom. The Labute approximate surface area is 99.8 Å². The zero-order valence-corrected chi connectivity index (χ0v) is 10.7. The third-order valence-electron chi connectivity index (χ3n) is 2.33. The highest BCUT2D eigenvalue weighted by Crippen LogP contribution is 2.05. The molecular formula is C14H25NO. The fourth-order valence-electron chi connectivity index (χ4n) is 1.39. The van der Waals surface area contributed by atoms with E-state index in [4.69, 9.17) is 0 Å². The molecule has 0 aliphatic heterocycles. The average molecular weight is 223 g/mol. The van der Waals surface area contributed by atoms with Gasteiger partial charge in [-0.3, -0.25) is 4.79 Å². The molecule has 0 bridgehead atoms. The SMILES string of the molecule is CCCCCCC/C=C/C=C/CNC(C)=O. The smallest absolute Gasteiger partial charge is 0.217 e. The Balaban J connectivity index is 3.23. The van der Waals surface area contributed by atoms with E-state index in [9.17, 15) is 4.79 Å². The zero-order valence-electron chi connectivity index (χ0n) is 10.7. The maximum atomic E-state index is 10.5. The van der Waals surface area contributed by atoms with Gasteiger partial charge in [0.15, 0.2) is 0 Å². The van der Waals surface area contributed by atoms with Crippen LogP contribution >= 0.6 is 0 Å². The van der Waals surface area contributed by atoms with Gasteiger partial charge >= 0.3 is 0 Å². The highest BCUT2D eigenvalue weighted by atomic mass is 16.1. The topological polar surface area (TPSA) is 29.1 Å². The summed E-state index contributed by atoms with van der Waals surface area (Å²) in [4.78, 5) is 10.5. The van der Waals surface area contributed by atoms with Crippen molar-refractivity contribution in [2.75, 3.05) is 6.54 Å². The Bertz CT molecular complexity index is 219. The van der Waals surface area contributed by atoms with E-state index in [0.717, 1.165) is 6.42 Å². The van der Waals surface area contributed by atoms with Gasteiger partial charge in [-0.25, -0.2) is 0 Å². The molecule has 0 fully saturated rings. The molecule has 0 spiro atoms. The maximum Gasteiger partial charge on any atom is 0.217 e. The molecule has 0 saturated carbocycles. The number of rotatable bonds is 9. The molecule has 0 unspecified atom stereocenters. The van der Waals surface area contributed by atoms with E-state index in [1.54, 1.807) is 0 Å². The molecule has 2 heteroatoms. The minimum Gasteiger partial charge on any atom is -0.353 e. The molecule has 0 aliphatic carbocycles. The van der Waals surface area contributed by atoms with Gasteiger partial charge < -0.3 is 5.32 Å². The second-order valence-electron chi connectivity index (χ2n) is 4.00. The molecule has 16 heavy (non-hydrogen) atoms. The molecule has 0 aromatic heterocycles. The van der Waals surface area contributed by atoms with E-state index in [1.807, 2.05) is 12.2 Å². The molecular weight excluding hydrogens is 198 g/mol. The minimum absolute atomic E-state index is 0.0181. The monoisotopic (exact) mass is 223 g/mol. The molecule has 0 radical (unpaired) electrons. The zero-order chi connectivity index (χ0) is 12.1. The van der Waals surface area contributed by atoms with E-state index in [0.29, 0.717) is 6.54 Å². The Morgan fingerprint density at radius 3 is 2.44 bits per heavy atom. The van der Waals surface area contributed by atoms with Gasteiger partial charge in [-0.15, -0.1) is 0 Å². The summed E-state index contributed by atoms with van der Waals surface area (Å²) in [6.45, 7) is 4.38. The minimum atomic E-state index is 0.0181. The molecule has 0 aromatic rings. The number of carbonyl (C=O) groups excluding carboxylic acids is 1. The van der Waals surface area contributed by atoms with Gasteiger partial charge in [0, 0.05) is 13.5 Å². The number of carbonyl (C=O) groups is 1. The Kier molecular flexibility index (Phi) is 11.2. The largest absolute Gasteiger partial charge is 0.353 e. The summed E-state index contributed by atoms with van der Waals surface area (Å²) in [6.07, 6.45) is 16.0. The Morgan fingerprint density at radius 1 is 1.06 bits per heavy atom. The van der Waals surface area contributed by atoms with Crippen LogP contribution < -0.4 is 5.32 Å². The highest BCUT2D eigenvalue weighted by molar-refractivity contribution is 5.72. The number of hydrogen-bond acceptors (Lipinski definition) is 1. The molecule has 0 aromatic carbocycles. The number of nitrogens with one attached hydrogen (secondary N) is 1. The van der Waals surface area contributed by atoms with E-state index < -0.39 is 0 Å². The molecule has 1 N–H and O–H groups in total. The average Bonchev–Trinajstić information content (AvgIpc) is 2.25. The first-order chi connectivity index (χ1) is 7.77. The van der Waals surface area contributed by atoms with Crippen molar-refractivity contribution in [3.63, 3.8) is 0 Å². The lowest BCUT2D eigenvalue weighted by atomic mass is 10.1. The molecule has 0 rings (SSSR count). The summed E-state index contributed by atoms with van der Waals surface area (Å²) in [5.41, 5.74) is 0. The van der Waals surface area contributed by atoms with Gasteiger partial charge in [-0.1, -0.05) is 56.9 Å². The van der Waals surface area contributed by atoms with E-state index in [1.165, 1.54) is 39.0 Å². The van der Waals surface area contributed by atoms with Gasteiger partial charge in [0.1, 0.15) is 0 Å². The van der Waals surface area contributed by atoms with Gasteiger partial charge in [0.05, 0.1) is 0 Å². The van der Waals surface area contributed by atoms with Crippen LogP contribution in [0.4, 0.5) is 0 Å². The summed E-state index contributed by atoms with van der Waals surface area (Å²) in [5.74, 6) is 0.0181. The van der Waals surface area contributed by atoms with Crippen molar-refractivity contribution in [1.29, 1.82) is 0 Å². The lowest BCUT2D eigenvalue weighted by Crippen LogP contribution is -2.19. The molecule has 0 aliphatic rings. The van der Waals surface area contributed by atoms with Crippen LogP contribution in [0, 0.1) is 0 Å². The molecule has 2 nitrogen and oxygen atoms in total. The van der Waals surface area contributed by atoms with Gasteiger partial charge in [0.2, 0.25) is 5.91 Å². The van der Waals surface area contributed by atoms with Crippen LogP contribution in [-0.2, 0) is 4.79 Å². The quantitative estimate of drug-likeness (QED) is 0.469. The predicted octanol–water partition coefficient (Wildman–Crippen LogP) is 3.60. The van der Waals surface area contributed by atoms with Crippen molar-refractivity contribution in [3.8, 4) is 0 Å². The lowest BCUT2D eigenvalue weighted by molar-refractivity contribution is -0.118. The predicted molar refractivity (Wildman–Crippen MR) is 70.3 cm³/mol. The fraction of sp³-hybridized carbons (Fsp3) is 0.643. The van der Waals surface area contributed by atoms with Crippen LogP contribution in [0.15, 0.2) is 24.3 Å². The second-order valence-corrected chi connectivity index (χ2v) is 4.00. The summed E-state index contributed by atoms with van der Waals surface area (Å²) < 4.78 is 0. The van der Waals surface area contributed by atoms with Gasteiger partial charge in [-0.05, 0) is 12.8 Å². The van der Waals surface area contributed by atoms with Crippen molar-refractivity contribution in [3.05, 3.63) is 24.3 Å². The van der Waals surface area contributed by atoms with Crippen LogP contribution in [0.3, 0.4) is 0 Å². The second kappa shape index (κ2) is 12.0. The summed E-state index contributed by atoms with van der Waals surface area (Å²) in [6, 6.07) is 0. The molecule has 92 valence electrons. The number of amides is 1. The van der Waals surface area contributed by atoms with Crippen LogP contribution in [0.25, 0.3) is 0 Å². The van der Waals surface area contributed by atoms with Crippen molar-refractivity contribution in [1.82, 2.24) is 5.32 Å². The third-order valence-corrected chi connectivity index (χ3v) is 2.33. The molecule has 1 amide bonds. The van der Waals surface area contributed by atoms with Crippen LogP contribution in [-0.4, -0.2) is 12.5 Å². The first kappa shape index (κ1) is 14.9. The normalized spacial score (nSPS) is 11.4. The number of unbranched alkanes of at least 4 members (excludes halogenated alkanes) is 5. The van der Waals surface area contributed by atoms with Gasteiger partial charge in [0.25, 0.3) is 0 Å². The number of hydrogen-bond donors (Lipinski definition) is 1. The first-order valence-corrected chi connectivity index (χ1v) is 6.33. The molecule has 0 atom stereocenters. The van der Waals surface area contributed by atoms with E-state index >= 15 is 0 Å². The standard InChI is InChI=1S/C14H25NO/c1-3-4-5-6-7-8-9-10-11-12-13-15-14(2)16/h9-12H,3-8,13H2,1-2H3,(H,15,16)/b10-9+,12-11+. The first-order valence-electron chi connectivity index (χ1n) is 6.33. The molecule has 0 heterocycles. The van der Waals surface area contributed by atoms with Crippen LogP contribution in [0.5, 0.6) is 0 Å². The highest BCUT2D eigenvalue weighted by Gasteiger charge is 1.86.